The molecule has 0 aliphatic carbocycles. The molecule has 0 spiro atoms. The summed E-state index contributed by atoms with van der Waals surface area (Å²) < 4.78 is 9.49. The van der Waals surface area contributed by atoms with Crippen LogP contribution in [-0.4, -0.2) is 43.4 Å². The fourth-order valence-electron chi connectivity index (χ4n) is 5.28. The molecule has 0 saturated carbocycles. The third-order valence-electron chi connectivity index (χ3n) is 7.16. The molecule has 0 bridgehead atoms. The fraction of sp³-hybridized carbons (Fsp3) is 0.406. The molecule has 7 nitrogen and oxygen atoms in total. The third-order valence-corrected chi connectivity index (χ3v) is 7.16. The van der Waals surface area contributed by atoms with E-state index in [1.807, 2.05) is 64.6 Å². The monoisotopic (exact) mass is 526 g/mol. The summed E-state index contributed by atoms with van der Waals surface area (Å²) >= 11 is 0. The molecule has 0 N–H and O–H groups in total. The average Bonchev–Trinajstić information content (AvgIpc) is 3.42. The number of fused-ring (bicyclic) bond motifs is 2. The molecule has 1 amide bonds. The Bertz CT molecular complexity index is 1570. The highest BCUT2D eigenvalue weighted by Crippen LogP contribution is 2.36. The van der Waals surface area contributed by atoms with Crippen molar-refractivity contribution in [1.29, 1.82) is 0 Å². The van der Waals surface area contributed by atoms with Gasteiger partial charge in [-0.3, -0.25) is 9.36 Å². The van der Waals surface area contributed by atoms with E-state index < -0.39 is 11.0 Å². The van der Waals surface area contributed by atoms with E-state index in [-0.39, 0.29) is 12.0 Å². The second kappa shape index (κ2) is 9.40. The lowest BCUT2D eigenvalue weighted by Gasteiger charge is -2.30. The molecule has 0 saturated heterocycles. The average molecular weight is 527 g/mol. The first-order valence-electron chi connectivity index (χ1n) is 13.6. The molecule has 2 aromatic heterocycles. The van der Waals surface area contributed by atoms with Crippen molar-refractivity contribution in [3.8, 4) is 16.9 Å². The molecule has 39 heavy (non-hydrogen) atoms. The second-order valence-electron chi connectivity index (χ2n) is 12.6. The minimum atomic E-state index is -0.564. The summed E-state index contributed by atoms with van der Waals surface area (Å²) in [5.41, 5.74) is 7.10. The largest absolute Gasteiger partial charge is 0.444 e. The molecule has 7 heteroatoms. The number of rotatable bonds is 2. The minimum absolute atomic E-state index is 0.0520. The van der Waals surface area contributed by atoms with Gasteiger partial charge in [0, 0.05) is 41.1 Å². The van der Waals surface area contributed by atoms with E-state index in [4.69, 9.17) is 9.84 Å². The summed E-state index contributed by atoms with van der Waals surface area (Å²) in [5.74, 6) is 0.0520. The highest BCUT2D eigenvalue weighted by molar-refractivity contribution is 5.96. The molecule has 0 fully saturated rings. The van der Waals surface area contributed by atoms with Crippen LogP contribution in [0.3, 0.4) is 0 Å². The first kappa shape index (κ1) is 26.7. The normalized spacial score (nSPS) is 14.0. The lowest BCUT2D eigenvalue weighted by Crippen LogP contribution is -2.39. The molecule has 204 valence electrons. The maximum absolute atomic E-state index is 13.1. The van der Waals surface area contributed by atoms with Gasteiger partial charge in [0.25, 0.3) is 0 Å². The molecule has 1 aliphatic rings. The van der Waals surface area contributed by atoms with Crippen molar-refractivity contribution in [3.05, 3.63) is 71.0 Å². The van der Waals surface area contributed by atoms with E-state index in [2.05, 4.69) is 44.2 Å². The Morgan fingerprint density at radius 2 is 1.64 bits per heavy atom. The number of nitrogens with zero attached hydrogens (tertiary/aromatic N) is 4. The third kappa shape index (κ3) is 4.98. The zero-order valence-electron chi connectivity index (χ0n) is 24.3. The predicted molar refractivity (Wildman–Crippen MR) is 154 cm³/mol. The summed E-state index contributed by atoms with van der Waals surface area (Å²) in [6, 6.07) is 14.4. The smallest absolute Gasteiger partial charge is 0.410 e. The van der Waals surface area contributed by atoms with E-state index in [1.54, 1.807) is 9.47 Å². The van der Waals surface area contributed by atoms with Crippen LogP contribution in [0.1, 0.15) is 68.7 Å². The molecular weight excluding hydrogens is 488 g/mol. The first-order chi connectivity index (χ1) is 18.2. The summed E-state index contributed by atoms with van der Waals surface area (Å²) in [5, 5.41) is 6.09. The Morgan fingerprint density at radius 1 is 0.949 bits per heavy atom. The number of benzene rings is 2. The topological polar surface area (TPSA) is 69.4 Å². The van der Waals surface area contributed by atoms with Crippen molar-refractivity contribution in [2.75, 3.05) is 6.54 Å². The van der Waals surface area contributed by atoms with Crippen LogP contribution in [0, 0.1) is 19.3 Å². The Labute approximate surface area is 230 Å². The fourth-order valence-corrected chi connectivity index (χ4v) is 5.28. The summed E-state index contributed by atoms with van der Waals surface area (Å²) in [7, 11) is 0. The van der Waals surface area contributed by atoms with Crippen LogP contribution in [0.2, 0.25) is 0 Å². The molecule has 5 rings (SSSR count). The number of hydrogen-bond donors (Lipinski definition) is 0. The molecule has 4 aromatic rings. The van der Waals surface area contributed by atoms with E-state index in [0.29, 0.717) is 19.5 Å². The maximum atomic E-state index is 13.1. The van der Waals surface area contributed by atoms with Gasteiger partial charge in [-0.25, -0.2) is 9.48 Å². The van der Waals surface area contributed by atoms with Crippen LogP contribution in [0.15, 0.2) is 48.7 Å². The van der Waals surface area contributed by atoms with Gasteiger partial charge in [0.15, 0.2) is 0 Å². The van der Waals surface area contributed by atoms with Crippen molar-refractivity contribution in [2.24, 2.45) is 5.41 Å². The van der Waals surface area contributed by atoms with Crippen LogP contribution >= 0.6 is 0 Å². The van der Waals surface area contributed by atoms with E-state index in [0.717, 1.165) is 50.2 Å². The number of ether oxygens (including phenoxy) is 1. The number of carbonyl (C=O) groups is 2. The van der Waals surface area contributed by atoms with Crippen molar-refractivity contribution in [3.63, 3.8) is 0 Å². The molecular formula is C32H38N4O3. The van der Waals surface area contributed by atoms with E-state index in [9.17, 15) is 9.59 Å². The van der Waals surface area contributed by atoms with Crippen molar-refractivity contribution >= 4 is 22.9 Å². The van der Waals surface area contributed by atoms with Gasteiger partial charge in [0.1, 0.15) is 5.60 Å². The van der Waals surface area contributed by atoms with Crippen LogP contribution in [0.5, 0.6) is 0 Å². The van der Waals surface area contributed by atoms with Gasteiger partial charge in [-0.15, -0.1) is 0 Å². The Balaban J connectivity index is 1.66. The number of hydrogen-bond acceptors (Lipinski definition) is 4. The Morgan fingerprint density at radius 3 is 2.28 bits per heavy atom. The molecule has 0 unspecified atom stereocenters. The van der Waals surface area contributed by atoms with Gasteiger partial charge in [-0.2, -0.15) is 5.10 Å². The van der Waals surface area contributed by atoms with Gasteiger partial charge in [0.05, 0.1) is 29.1 Å². The highest BCUT2D eigenvalue weighted by atomic mass is 16.6. The molecule has 3 heterocycles. The van der Waals surface area contributed by atoms with Gasteiger partial charge >= 0.3 is 6.09 Å². The highest BCUT2D eigenvalue weighted by Gasteiger charge is 2.32. The number of aryl methyl sites for hydroxylation is 2. The van der Waals surface area contributed by atoms with Gasteiger partial charge < -0.3 is 9.64 Å². The summed E-state index contributed by atoms with van der Waals surface area (Å²) in [6.07, 6.45) is 2.19. The van der Waals surface area contributed by atoms with Crippen molar-refractivity contribution < 1.29 is 14.3 Å². The number of para-hydroxylation sites is 1. The van der Waals surface area contributed by atoms with Crippen LogP contribution in [-0.2, 0) is 17.7 Å². The van der Waals surface area contributed by atoms with Crippen LogP contribution in [0.25, 0.3) is 27.8 Å². The van der Waals surface area contributed by atoms with Gasteiger partial charge in [-0.1, -0.05) is 45.0 Å². The predicted octanol–water partition coefficient (Wildman–Crippen LogP) is 7.09. The number of aromatic nitrogens is 3. The second-order valence-corrected chi connectivity index (χ2v) is 12.6. The lowest BCUT2D eigenvalue weighted by molar-refractivity contribution is 0.0224. The number of amides is 1. The van der Waals surface area contributed by atoms with Crippen LogP contribution < -0.4 is 0 Å². The molecule has 0 radical (unpaired) electrons. The van der Waals surface area contributed by atoms with Crippen LogP contribution in [0.4, 0.5) is 4.79 Å². The zero-order chi connectivity index (χ0) is 28.3. The summed E-state index contributed by atoms with van der Waals surface area (Å²) in [6.45, 7) is 16.6. The minimum Gasteiger partial charge on any atom is -0.444 e. The SMILES string of the molecule is Cc1cccc(C)c1-n1nc2c(c1-c1ccc3c(ccn3C(=O)C(C)(C)C)c1)CN(C(=O)OC(C)(C)C)CC2. The van der Waals surface area contributed by atoms with E-state index in [1.165, 1.54) is 0 Å². The lowest BCUT2D eigenvalue weighted by atomic mass is 9.95. The van der Waals surface area contributed by atoms with Crippen molar-refractivity contribution in [1.82, 2.24) is 19.2 Å². The molecule has 0 atom stereocenters. The summed E-state index contributed by atoms with van der Waals surface area (Å²) in [4.78, 5) is 27.8. The zero-order valence-corrected chi connectivity index (χ0v) is 24.3. The maximum Gasteiger partial charge on any atom is 0.410 e. The number of carbonyl (C=O) groups excluding carboxylic acids is 2. The first-order valence-corrected chi connectivity index (χ1v) is 13.6. The molecule has 2 aromatic carbocycles. The molecule has 1 aliphatic heterocycles. The Kier molecular flexibility index (Phi) is 6.44. The van der Waals surface area contributed by atoms with Gasteiger partial charge in [0.2, 0.25) is 5.91 Å². The standard InChI is InChI=1S/C32H38N4O3/c1-20-10-9-11-21(2)27(20)36-28(24-19-34(16-15-25(24)33-36)30(38)39-32(6,7)8)23-12-13-26-22(18-23)14-17-35(26)29(37)31(3,4)5/h9-14,17-18H,15-16,19H2,1-8H3. The van der Waals surface area contributed by atoms with Crippen molar-refractivity contribution in [2.45, 2.75) is 74.0 Å². The Hall–Kier alpha value is -3.87. The quantitative estimate of drug-likeness (QED) is 0.280. The van der Waals surface area contributed by atoms with E-state index >= 15 is 0 Å². The van der Waals surface area contributed by atoms with Gasteiger partial charge in [-0.05, 0) is 63.9 Å².